The molecule has 0 fully saturated rings. The smallest absolute Gasteiger partial charge is 0.251 e. The van der Waals surface area contributed by atoms with Crippen molar-refractivity contribution >= 4 is 16.9 Å². The van der Waals surface area contributed by atoms with Gasteiger partial charge in [0.1, 0.15) is 11.6 Å². The van der Waals surface area contributed by atoms with Crippen LogP contribution in [0, 0.1) is 27.7 Å². The van der Waals surface area contributed by atoms with Gasteiger partial charge in [-0.2, -0.15) is 0 Å². The van der Waals surface area contributed by atoms with E-state index in [0.29, 0.717) is 17.9 Å². The van der Waals surface area contributed by atoms with Gasteiger partial charge in [-0.1, -0.05) is 24.3 Å². The molecule has 1 amide bonds. The van der Waals surface area contributed by atoms with Crippen LogP contribution in [0.15, 0.2) is 54.6 Å². The van der Waals surface area contributed by atoms with Crippen molar-refractivity contribution < 1.29 is 9.53 Å². The van der Waals surface area contributed by atoms with Gasteiger partial charge in [0.2, 0.25) is 0 Å². The second kappa shape index (κ2) is 10.1. The van der Waals surface area contributed by atoms with Gasteiger partial charge in [-0.15, -0.1) is 0 Å². The molecule has 0 radical (unpaired) electrons. The van der Waals surface area contributed by atoms with E-state index in [1.165, 1.54) is 27.8 Å². The molecule has 34 heavy (non-hydrogen) atoms. The zero-order valence-corrected chi connectivity index (χ0v) is 20.7. The Kier molecular flexibility index (Phi) is 7.01. The van der Waals surface area contributed by atoms with Crippen molar-refractivity contribution in [3.8, 4) is 5.75 Å². The summed E-state index contributed by atoms with van der Waals surface area (Å²) in [6, 6.07) is 17.8. The molecule has 4 rings (SSSR count). The van der Waals surface area contributed by atoms with Crippen molar-refractivity contribution in [3.63, 3.8) is 0 Å². The van der Waals surface area contributed by atoms with E-state index < -0.39 is 0 Å². The number of hydrogen-bond acceptors (Lipinski definition) is 3. The van der Waals surface area contributed by atoms with Crippen LogP contribution in [0.1, 0.15) is 50.4 Å². The quantitative estimate of drug-likeness (QED) is 0.347. The van der Waals surface area contributed by atoms with E-state index in [-0.39, 0.29) is 5.91 Å². The van der Waals surface area contributed by atoms with Crippen LogP contribution >= 0.6 is 0 Å². The van der Waals surface area contributed by atoms with E-state index in [4.69, 9.17) is 9.72 Å². The number of para-hydroxylation sites is 2. The maximum absolute atomic E-state index is 12.5. The van der Waals surface area contributed by atoms with Gasteiger partial charge < -0.3 is 14.6 Å². The minimum absolute atomic E-state index is 0.0890. The summed E-state index contributed by atoms with van der Waals surface area (Å²) < 4.78 is 7.56. The van der Waals surface area contributed by atoms with Gasteiger partial charge >= 0.3 is 0 Å². The summed E-state index contributed by atoms with van der Waals surface area (Å²) in [6.45, 7) is 10.2. The van der Waals surface area contributed by atoms with Gasteiger partial charge in [-0.3, -0.25) is 4.79 Å². The van der Waals surface area contributed by atoms with Crippen LogP contribution < -0.4 is 10.1 Å². The summed E-state index contributed by atoms with van der Waals surface area (Å²) in [6.07, 6.45) is 1.60. The van der Waals surface area contributed by atoms with Gasteiger partial charge in [0.05, 0.1) is 18.1 Å². The first-order valence-corrected chi connectivity index (χ1v) is 11.8. The lowest BCUT2D eigenvalue weighted by molar-refractivity contribution is 0.0953. The van der Waals surface area contributed by atoms with Gasteiger partial charge in [0.15, 0.2) is 0 Å². The Morgan fingerprint density at radius 1 is 0.971 bits per heavy atom. The number of aryl methyl sites for hydroxylation is 3. The van der Waals surface area contributed by atoms with Crippen molar-refractivity contribution in [1.29, 1.82) is 0 Å². The second-order valence-corrected chi connectivity index (χ2v) is 8.93. The summed E-state index contributed by atoms with van der Waals surface area (Å²) in [7, 11) is 1.60. The maximum Gasteiger partial charge on any atom is 0.251 e. The molecular formula is C29H33N3O2. The van der Waals surface area contributed by atoms with Crippen LogP contribution in [0.2, 0.25) is 0 Å². The van der Waals surface area contributed by atoms with Crippen LogP contribution in [0.25, 0.3) is 11.0 Å². The van der Waals surface area contributed by atoms with Crippen molar-refractivity contribution in [3.05, 3.63) is 93.8 Å². The fourth-order valence-electron chi connectivity index (χ4n) is 4.50. The van der Waals surface area contributed by atoms with E-state index in [1.54, 1.807) is 19.2 Å². The minimum Gasteiger partial charge on any atom is -0.497 e. The van der Waals surface area contributed by atoms with E-state index in [2.05, 4.69) is 61.8 Å². The average Bonchev–Trinajstić information content (AvgIpc) is 3.20. The standard InChI is InChI=1S/C29H33N3O2/c1-19-16-20(2)22(4)25(21(19)3)18-32-27-13-7-6-12-26(27)31-28(32)14-9-15-30-29(33)23-10-8-11-24(17-23)34-5/h6-8,10-13,16-17H,9,14-15,18H2,1-5H3,(H,30,33). The number of aromatic nitrogens is 2. The fourth-order valence-corrected chi connectivity index (χ4v) is 4.50. The van der Waals surface area contributed by atoms with E-state index in [9.17, 15) is 4.79 Å². The molecule has 0 saturated carbocycles. The van der Waals surface area contributed by atoms with Crippen LogP contribution in [-0.2, 0) is 13.0 Å². The third kappa shape index (κ3) is 4.84. The highest BCUT2D eigenvalue weighted by Gasteiger charge is 2.15. The van der Waals surface area contributed by atoms with E-state index in [0.717, 1.165) is 36.2 Å². The van der Waals surface area contributed by atoms with Gasteiger partial charge in [0.25, 0.3) is 5.91 Å². The molecule has 0 saturated heterocycles. The lowest BCUT2D eigenvalue weighted by Crippen LogP contribution is -2.25. The summed E-state index contributed by atoms with van der Waals surface area (Å²) >= 11 is 0. The SMILES string of the molecule is COc1cccc(C(=O)NCCCc2nc3ccccc3n2Cc2c(C)c(C)cc(C)c2C)c1. The first-order chi connectivity index (χ1) is 16.4. The molecular weight excluding hydrogens is 422 g/mol. The molecule has 0 spiro atoms. The summed E-state index contributed by atoms with van der Waals surface area (Å²) in [5, 5.41) is 3.03. The predicted molar refractivity (Wildman–Crippen MR) is 138 cm³/mol. The third-order valence-corrected chi connectivity index (χ3v) is 6.77. The molecule has 3 aromatic carbocycles. The number of amides is 1. The Bertz CT molecular complexity index is 1310. The molecule has 0 aliphatic rings. The predicted octanol–water partition coefficient (Wildman–Crippen LogP) is 5.69. The van der Waals surface area contributed by atoms with Crippen molar-refractivity contribution in [2.75, 3.05) is 13.7 Å². The maximum atomic E-state index is 12.5. The zero-order chi connectivity index (χ0) is 24.2. The first-order valence-electron chi connectivity index (χ1n) is 11.8. The van der Waals surface area contributed by atoms with Gasteiger partial charge in [-0.05, 0) is 92.3 Å². The monoisotopic (exact) mass is 455 g/mol. The van der Waals surface area contributed by atoms with E-state index in [1.807, 2.05) is 18.2 Å². The molecule has 5 nitrogen and oxygen atoms in total. The molecule has 0 aliphatic carbocycles. The molecule has 0 unspecified atom stereocenters. The molecule has 0 aliphatic heterocycles. The number of imidazole rings is 1. The molecule has 1 aromatic heterocycles. The number of benzene rings is 3. The molecule has 176 valence electrons. The number of ether oxygens (including phenoxy) is 1. The van der Waals surface area contributed by atoms with E-state index >= 15 is 0 Å². The Morgan fingerprint density at radius 3 is 2.44 bits per heavy atom. The Morgan fingerprint density at radius 2 is 1.71 bits per heavy atom. The number of fused-ring (bicyclic) bond motifs is 1. The highest BCUT2D eigenvalue weighted by Crippen LogP contribution is 2.26. The van der Waals surface area contributed by atoms with Gasteiger partial charge in [0, 0.05) is 25.1 Å². The normalized spacial score (nSPS) is 11.1. The Hall–Kier alpha value is -3.60. The number of rotatable bonds is 8. The summed E-state index contributed by atoms with van der Waals surface area (Å²) in [5.41, 5.74) is 9.47. The second-order valence-electron chi connectivity index (χ2n) is 8.93. The van der Waals surface area contributed by atoms with Crippen molar-refractivity contribution in [2.24, 2.45) is 0 Å². The largest absolute Gasteiger partial charge is 0.497 e. The first kappa shape index (κ1) is 23.6. The number of methoxy groups -OCH3 is 1. The number of carbonyl (C=O) groups excluding carboxylic acids is 1. The topological polar surface area (TPSA) is 56.1 Å². The third-order valence-electron chi connectivity index (χ3n) is 6.77. The fraction of sp³-hybridized carbons (Fsp3) is 0.310. The van der Waals surface area contributed by atoms with Crippen LogP contribution in [-0.4, -0.2) is 29.1 Å². The number of hydrogen-bond donors (Lipinski definition) is 1. The minimum atomic E-state index is -0.0890. The van der Waals surface area contributed by atoms with Gasteiger partial charge in [-0.25, -0.2) is 4.98 Å². The summed E-state index contributed by atoms with van der Waals surface area (Å²) in [4.78, 5) is 17.5. The lowest BCUT2D eigenvalue weighted by Gasteiger charge is -2.18. The Balaban J connectivity index is 1.51. The van der Waals surface area contributed by atoms with Crippen molar-refractivity contribution in [1.82, 2.24) is 14.9 Å². The molecule has 0 bridgehead atoms. The lowest BCUT2D eigenvalue weighted by atomic mass is 9.94. The van der Waals surface area contributed by atoms with Crippen molar-refractivity contribution in [2.45, 2.75) is 47.1 Å². The molecule has 5 heteroatoms. The number of carbonyl (C=O) groups is 1. The van der Waals surface area contributed by atoms with Crippen LogP contribution in [0.4, 0.5) is 0 Å². The molecule has 0 atom stereocenters. The molecule has 1 N–H and O–H groups in total. The number of nitrogens with one attached hydrogen (secondary N) is 1. The zero-order valence-electron chi connectivity index (χ0n) is 20.7. The molecule has 1 heterocycles. The van der Waals surface area contributed by atoms with Crippen LogP contribution in [0.5, 0.6) is 5.75 Å². The average molecular weight is 456 g/mol. The van der Waals surface area contributed by atoms with Crippen LogP contribution in [0.3, 0.4) is 0 Å². The highest BCUT2D eigenvalue weighted by atomic mass is 16.5. The highest BCUT2D eigenvalue weighted by molar-refractivity contribution is 5.94. The summed E-state index contributed by atoms with van der Waals surface area (Å²) in [5.74, 6) is 1.64. The molecule has 4 aromatic rings. The number of nitrogens with zero attached hydrogens (tertiary/aromatic N) is 2. The Labute approximate surface area is 201 Å².